The second-order valence-electron chi connectivity index (χ2n) is 4.40. The lowest BCUT2D eigenvalue weighted by Gasteiger charge is -2.05. The number of nitrogens with zero attached hydrogens (tertiary/aromatic N) is 2. The van der Waals surface area contributed by atoms with Crippen LogP contribution in [-0.2, 0) is 17.6 Å². The molecule has 20 heavy (non-hydrogen) atoms. The predicted octanol–water partition coefficient (Wildman–Crippen LogP) is 1.97. The molecule has 0 spiro atoms. The second-order valence-corrected chi connectivity index (χ2v) is 4.81. The van der Waals surface area contributed by atoms with Crippen LogP contribution in [0.3, 0.4) is 0 Å². The van der Waals surface area contributed by atoms with Crippen LogP contribution in [0.5, 0.6) is 0 Å². The molecule has 0 fully saturated rings. The molecule has 0 aliphatic heterocycles. The third kappa shape index (κ3) is 3.75. The molecular weight excluding hydrogens is 285 g/mol. The Hall–Kier alpha value is -1.50. The third-order valence-electron chi connectivity index (χ3n) is 2.72. The first kappa shape index (κ1) is 14.9. The number of aromatic nitrogens is 2. The van der Waals surface area contributed by atoms with Gasteiger partial charge in [-0.25, -0.2) is 4.39 Å². The average Bonchev–Trinajstić information content (AvgIpc) is 2.82. The summed E-state index contributed by atoms with van der Waals surface area (Å²) in [6, 6.07) is 4.30. The molecule has 0 radical (unpaired) electrons. The van der Waals surface area contributed by atoms with Gasteiger partial charge in [0.2, 0.25) is 5.89 Å². The molecule has 0 saturated carbocycles. The topological polar surface area (TPSA) is 74.2 Å². The van der Waals surface area contributed by atoms with Crippen molar-refractivity contribution in [2.75, 3.05) is 13.7 Å². The van der Waals surface area contributed by atoms with Crippen LogP contribution in [0.15, 0.2) is 22.7 Å². The monoisotopic (exact) mass is 299 g/mol. The van der Waals surface area contributed by atoms with Crippen LogP contribution in [0.1, 0.15) is 17.3 Å². The quantitative estimate of drug-likeness (QED) is 0.882. The SMILES string of the molecule is COCC(N)Cc1nc(Cc2c(F)cccc2Cl)no1. The molecule has 2 N–H and O–H groups in total. The van der Waals surface area contributed by atoms with Gasteiger partial charge in [-0.2, -0.15) is 4.98 Å². The summed E-state index contributed by atoms with van der Waals surface area (Å²) >= 11 is 5.95. The van der Waals surface area contributed by atoms with E-state index in [9.17, 15) is 4.39 Å². The van der Waals surface area contributed by atoms with Crippen molar-refractivity contribution in [3.8, 4) is 0 Å². The van der Waals surface area contributed by atoms with Crippen molar-refractivity contribution in [3.05, 3.63) is 46.3 Å². The number of hydrogen-bond donors (Lipinski definition) is 1. The zero-order chi connectivity index (χ0) is 14.5. The highest BCUT2D eigenvalue weighted by atomic mass is 35.5. The normalized spacial score (nSPS) is 12.6. The Balaban J connectivity index is 2.06. The number of halogens is 2. The lowest BCUT2D eigenvalue weighted by Crippen LogP contribution is -2.28. The Morgan fingerprint density at radius 2 is 2.30 bits per heavy atom. The Bertz CT molecular complexity index is 556. The molecule has 2 rings (SSSR count). The van der Waals surface area contributed by atoms with Crippen molar-refractivity contribution < 1.29 is 13.7 Å². The van der Waals surface area contributed by atoms with Crippen molar-refractivity contribution in [2.24, 2.45) is 5.73 Å². The van der Waals surface area contributed by atoms with Crippen LogP contribution in [-0.4, -0.2) is 29.9 Å². The zero-order valence-electron chi connectivity index (χ0n) is 11.0. The smallest absolute Gasteiger partial charge is 0.228 e. The molecule has 1 aromatic heterocycles. The molecule has 0 bridgehead atoms. The maximum atomic E-state index is 13.6. The molecule has 108 valence electrons. The molecule has 0 saturated heterocycles. The number of ether oxygens (including phenoxy) is 1. The first-order chi connectivity index (χ1) is 9.60. The van der Waals surface area contributed by atoms with Gasteiger partial charge in [0, 0.05) is 36.6 Å². The fourth-order valence-corrected chi connectivity index (χ4v) is 2.03. The van der Waals surface area contributed by atoms with Crippen molar-refractivity contribution in [3.63, 3.8) is 0 Å². The molecule has 0 aliphatic rings. The van der Waals surface area contributed by atoms with E-state index in [1.807, 2.05) is 0 Å². The maximum absolute atomic E-state index is 13.6. The average molecular weight is 300 g/mol. The summed E-state index contributed by atoms with van der Waals surface area (Å²) in [5.74, 6) is 0.383. The van der Waals surface area contributed by atoms with Crippen molar-refractivity contribution in [1.82, 2.24) is 10.1 Å². The van der Waals surface area contributed by atoms with E-state index >= 15 is 0 Å². The van der Waals surface area contributed by atoms with Gasteiger partial charge in [-0.1, -0.05) is 22.8 Å². The van der Waals surface area contributed by atoms with Crippen LogP contribution in [0, 0.1) is 5.82 Å². The Kier molecular flexibility index (Phi) is 5.05. The van der Waals surface area contributed by atoms with Crippen molar-refractivity contribution in [2.45, 2.75) is 18.9 Å². The number of methoxy groups -OCH3 is 1. The summed E-state index contributed by atoms with van der Waals surface area (Å²) in [6.45, 7) is 0.400. The molecular formula is C13H15ClFN3O2. The van der Waals surface area contributed by atoms with Gasteiger partial charge < -0.3 is 15.0 Å². The Morgan fingerprint density at radius 3 is 3.00 bits per heavy atom. The first-order valence-corrected chi connectivity index (χ1v) is 6.46. The molecule has 2 aromatic rings. The van der Waals surface area contributed by atoms with Crippen LogP contribution < -0.4 is 5.73 Å². The van der Waals surface area contributed by atoms with Gasteiger partial charge in [-0.3, -0.25) is 0 Å². The van der Waals surface area contributed by atoms with E-state index in [-0.39, 0.29) is 18.3 Å². The van der Waals surface area contributed by atoms with Crippen molar-refractivity contribution in [1.29, 1.82) is 0 Å². The molecule has 0 aliphatic carbocycles. The number of nitrogens with two attached hydrogens (primary N) is 1. The second kappa shape index (κ2) is 6.78. The molecule has 1 aromatic carbocycles. The van der Waals surface area contributed by atoms with Gasteiger partial charge in [-0.05, 0) is 12.1 Å². The highest BCUT2D eigenvalue weighted by molar-refractivity contribution is 6.31. The molecule has 0 amide bonds. The van der Waals surface area contributed by atoms with Crippen LogP contribution in [0.25, 0.3) is 0 Å². The summed E-state index contributed by atoms with van der Waals surface area (Å²) in [5, 5.41) is 4.14. The lowest BCUT2D eigenvalue weighted by atomic mass is 10.1. The summed E-state index contributed by atoms with van der Waals surface area (Å²) in [4.78, 5) is 4.17. The highest BCUT2D eigenvalue weighted by Gasteiger charge is 2.14. The standard InChI is InChI=1S/C13H15ClFN3O2/c1-19-7-8(16)5-13-17-12(18-20-13)6-9-10(14)3-2-4-11(9)15/h2-4,8H,5-7,16H2,1H3. The number of hydrogen-bond acceptors (Lipinski definition) is 5. The van der Waals surface area contributed by atoms with E-state index in [1.165, 1.54) is 6.07 Å². The molecule has 5 nitrogen and oxygen atoms in total. The maximum Gasteiger partial charge on any atom is 0.228 e. The fourth-order valence-electron chi connectivity index (χ4n) is 1.80. The van der Waals surface area contributed by atoms with Crippen LogP contribution in [0.2, 0.25) is 5.02 Å². The molecule has 1 atom stereocenters. The van der Waals surface area contributed by atoms with Gasteiger partial charge in [0.1, 0.15) is 5.82 Å². The number of rotatable bonds is 6. The fraction of sp³-hybridized carbons (Fsp3) is 0.385. The van der Waals surface area contributed by atoms with Gasteiger partial charge >= 0.3 is 0 Å². The summed E-state index contributed by atoms with van der Waals surface area (Å²) in [6.07, 6.45) is 0.584. The minimum Gasteiger partial charge on any atom is -0.383 e. The number of benzene rings is 1. The summed E-state index contributed by atoms with van der Waals surface area (Å²) in [7, 11) is 1.57. The third-order valence-corrected chi connectivity index (χ3v) is 3.08. The van der Waals surface area contributed by atoms with E-state index in [4.69, 9.17) is 26.6 Å². The van der Waals surface area contributed by atoms with Crippen LogP contribution >= 0.6 is 11.6 Å². The van der Waals surface area contributed by atoms with E-state index in [1.54, 1.807) is 19.2 Å². The van der Waals surface area contributed by atoms with Crippen molar-refractivity contribution >= 4 is 11.6 Å². The van der Waals surface area contributed by atoms with E-state index in [0.717, 1.165) is 0 Å². The minimum absolute atomic E-state index is 0.175. The largest absolute Gasteiger partial charge is 0.383 e. The van der Waals surface area contributed by atoms with Gasteiger partial charge in [0.05, 0.1) is 6.61 Å². The lowest BCUT2D eigenvalue weighted by molar-refractivity contribution is 0.176. The Labute approximate surface area is 120 Å². The van der Waals surface area contributed by atoms with Crippen LogP contribution in [0.4, 0.5) is 4.39 Å². The molecule has 1 heterocycles. The van der Waals surface area contributed by atoms with Gasteiger partial charge in [-0.15, -0.1) is 0 Å². The van der Waals surface area contributed by atoms with E-state index in [2.05, 4.69) is 10.1 Å². The first-order valence-electron chi connectivity index (χ1n) is 6.09. The Morgan fingerprint density at radius 1 is 1.50 bits per heavy atom. The van der Waals surface area contributed by atoms with Gasteiger partial charge in [0.15, 0.2) is 5.82 Å². The van der Waals surface area contributed by atoms with Gasteiger partial charge in [0.25, 0.3) is 0 Å². The zero-order valence-corrected chi connectivity index (χ0v) is 11.7. The minimum atomic E-state index is -0.389. The van der Waals surface area contributed by atoms with E-state index < -0.39 is 0 Å². The molecule has 1 unspecified atom stereocenters. The highest BCUT2D eigenvalue weighted by Crippen LogP contribution is 2.21. The predicted molar refractivity (Wildman–Crippen MR) is 72.1 cm³/mol. The van der Waals surface area contributed by atoms with E-state index in [0.29, 0.717) is 35.3 Å². The molecule has 7 heteroatoms. The summed E-state index contributed by atoms with van der Waals surface area (Å²) in [5.41, 5.74) is 6.14. The summed E-state index contributed by atoms with van der Waals surface area (Å²) < 4.78 is 23.6.